The highest BCUT2D eigenvalue weighted by Gasteiger charge is 2.14. The lowest BCUT2D eigenvalue weighted by Gasteiger charge is -2.11. The molecule has 0 fully saturated rings. The van der Waals surface area contributed by atoms with Gasteiger partial charge in [0.15, 0.2) is 5.65 Å². The Morgan fingerprint density at radius 3 is 2.71 bits per heavy atom. The van der Waals surface area contributed by atoms with Gasteiger partial charge in [0.2, 0.25) is 0 Å². The van der Waals surface area contributed by atoms with Crippen LogP contribution >= 0.6 is 0 Å². The zero-order valence-electron chi connectivity index (χ0n) is 12.3. The number of hydrogen-bond acceptors (Lipinski definition) is 3. The summed E-state index contributed by atoms with van der Waals surface area (Å²) in [5.74, 6) is 1.76. The number of phenols is 1. The second-order valence-corrected chi connectivity index (χ2v) is 5.68. The smallest absolute Gasteiger partial charge is 0.160 e. The topological polar surface area (TPSA) is 50.9 Å². The van der Waals surface area contributed by atoms with E-state index in [4.69, 9.17) is 4.98 Å². The first-order valence-electron chi connectivity index (χ1n) is 7.22. The van der Waals surface area contributed by atoms with Crippen LogP contribution in [0, 0.1) is 5.92 Å². The monoisotopic (exact) mass is 281 g/mol. The Kier molecular flexibility index (Phi) is 3.60. The molecule has 1 aromatic carbocycles. The van der Waals surface area contributed by atoms with Crippen molar-refractivity contribution in [2.45, 2.75) is 26.8 Å². The van der Waals surface area contributed by atoms with Crippen molar-refractivity contribution < 1.29 is 5.11 Å². The van der Waals surface area contributed by atoms with Crippen molar-refractivity contribution in [2.24, 2.45) is 5.92 Å². The minimum absolute atomic E-state index is 0.314. The summed E-state index contributed by atoms with van der Waals surface area (Å²) in [6.07, 6.45) is 2.40. The van der Waals surface area contributed by atoms with Crippen LogP contribution in [0.5, 0.6) is 5.75 Å². The molecule has 0 atom stereocenters. The lowest BCUT2D eigenvalue weighted by Crippen LogP contribution is -2.09. The fourth-order valence-electron chi connectivity index (χ4n) is 2.53. The normalized spacial score (nSPS) is 11.4. The average Bonchev–Trinajstić information content (AvgIpc) is 2.79. The van der Waals surface area contributed by atoms with Gasteiger partial charge in [0.1, 0.15) is 17.1 Å². The number of para-hydroxylation sites is 1. The number of fused-ring (bicyclic) bond motifs is 1. The molecule has 0 saturated heterocycles. The van der Waals surface area contributed by atoms with Crippen LogP contribution in [-0.2, 0) is 13.0 Å². The van der Waals surface area contributed by atoms with Gasteiger partial charge in [-0.05, 0) is 24.1 Å². The Bertz CT molecular complexity index is 762. The van der Waals surface area contributed by atoms with Gasteiger partial charge in [-0.1, -0.05) is 32.0 Å². The van der Waals surface area contributed by atoms with Crippen LogP contribution in [0.2, 0.25) is 0 Å². The standard InChI is InChI=1S/C17H19N3O/c1-12(2)11-20-16(10-13-6-3-4-8-15(13)21)19-14-7-5-9-18-17(14)20/h3-9,12,21H,10-11H2,1-2H3. The third kappa shape index (κ3) is 2.75. The molecule has 2 heterocycles. The number of aromatic hydroxyl groups is 1. The predicted octanol–water partition coefficient (Wildman–Crippen LogP) is 3.38. The van der Waals surface area contributed by atoms with Crippen LogP contribution < -0.4 is 0 Å². The van der Waals surface area contributed by atoms with Gasteiger partial charge in [0, 0.05) is 24.7 Å². The molecule has 0 unspecified atom stereocenters. The van der Waals surface area contributed by atoms with Crippen molar-refractivity contribution in [3.05, 3.63) is 54.0 Å². The molecule has 0 spiro atoms. The Balaban J connectivity index is 2.07. The van der Waals surface area contributed by atoms with E-state index >= 15 is 0 Å². The van der Waals surface area contributed by atoms with Gasteiger partial charge in [-0.15, -0.1) is 0 Å². The molecule has 3 rings (SSSR count). The molecule has 0 aliphatic carbocycles. The number of benzene rings is 1. The summed E-state index contributed by atoms with van der Waals surface area (Å²) in [4.78, 5) is 9.15. The molecule has 2 aromatic heterocycles. The van der Waals surface area contributed by atoms with Crippen molar-refractivity contribution in [1.29, 1.82) is 0 Å². The molecule has 108 valence electrons. The van der Waals surface area contributed by atoms with E-state index < -0.39 is 0 Å². The van der Waals surface area contributed by atoms with Crippen LogP contribution in [0.15, 0.2) is 42.6 Å². The number of nitrogens with zero attached hydrogens (tertiary/aromatic N) is 3. The van der Waals surface area contributed by atoms with Crippen molar-refractivity contribution >= 4 is 11.2 Å². The van der Waals surface area contributed by atoms with Crippen LogP contribution in [0.4, 0.5) is 0 Å². The molecule has 3 aromatic rings. The first kappa shape index (κ1) is 13.6. The molecular weight excluding hydrogens is 262 g/mol. The molecule has 0 amide bonds. The molecule has 0 bridgehead atoms. The summed E-state index contributed by atoms with van der Waals surface area (Å²) in [6.45, 7) is 5.23. The molecule has 21 heavy (non-hydrogen) atoms. The molecule has 0 aliphatic rings. The maximum Gasteiger partial charge on any atom is 0.160 e. The summed E-state index contributed by atoms with van der Waals surface area (Å²) in [7, 11) is 0. The minimum Gasteiger partial charge on any atom is -0.508 e. The Labute approximate surface area is 124 Å². The van der Waals surface area contributed by atoms with E-state index in [1.165, 1.54) is 0 Å². The van der Waals surface area contributed by atoms with Crippen molar-refractivity contribution in [3.8, 4) is 5.75 Å². The largest absolute Gasteiger partial charge is 0.508 e. The maximum atomic E-state index is 9.97. The van der Waals surface area contributed by atoms with Gasteiger partial charge >= 0.3 is 0 Å². The molecule has 0 saturated carbocycles. The van der Waals surface area contributed by atoms with Crippen LogP contribution in [-0.4, -0.2) is 19.6 Å². The Hall–Kier alpha value is -2.36. The maximum absolute atomic E-state index is 9.97. The second kappa shape index (κ2) is 5.56. The second-order valence-electron chi connectivity index (χ2n) is 5.68. The van der Waals surface area contributed by atoms with E-state index in [1.807, 2.05) is 30.3 Å². The number of imidazole rings is 1. The zero-order valence-corrected chi connectivity index (χ0v) is 12.3. The SMILES string of the molecule is CC(C)Cn1c(Cc2ccccc2O)nc2cccnc21. The van der Waals surface area contributed by atoms with Gasteiger partial charge in [0.25, 0.3) is 0 Å². The van der Waals surface area contributed by atoms with Gasteiger partial charge < -0.3 is 9.67 Å². The number of phenolic OH excluding ortho intramolecular Hbond substituents is 1. The zero-order chi connectivity index (χ0) is 14.8. The van der Waals surface area contributed by atoms with Gasteiger partial charge in [-0.2, -0.15) is 0 Å². The van der Waals surface area contributed by atoms with Crippen LogP contribution in [0.3, 0.4) is 0 Å². The van der Waals surface area contributed by atoms with E-state index in [9.17, 15) is 5.11 Å². The van der Waals surface area contributed by atoms with E-state index in [2.05, 4.69) is 23.4 Å². The van der Waals surface area contributed by atoms with Gasteiger partial charge in [0.05, 0.1) is 0 Å². The summed E-state index contributed by atoms with van der Waals surface area (Å²) in [5, 5.41) is 9.97. The molecule has 0 aliphatic heterocycles. The third-order valence-corrected chi connectivity index (χ3v) is 3.47. The van der Waals surface area contributed by atoms with Crippen molar-refractivity contribution in [2.75, 3.05) is 0 Å². The highest BCUT2D eigenvalue weighted by Crippen LogP contribution is 2.22. The number of pyridine rings is 1. The summed E-state index contributed by atoms with van der Waals surface area (Å²) < 4.78 is 2.16. The number of rotatable bonds is 4. The minimum atomic E-state index is 0.314. The molecule has 0 radical (unpaired) electrons. The quantitative estimate of drug-likeness (QED) is 0.797. The van der Waals surface area contributed by atoms with Gasteiger partial charge in [-0.3, -0.25) is 0 Å². The summed E-state index contributed by atoms with van der Waals surface area (Å²) in [5.41, 5.74) is 2.71. The highest BCUT2D eigenvalue weighted by atomic mass is 16.3. The first-order valence-corrected chi connectivity index (χ1v) is 7.22. The highest BCUT2D eigenvalue weighted by molar-refractivity contribution is 5.71. The lowest BCUT2D eigenvalue weighted by atomic mass is 10.1. The fraction of sp³-hybridized carbons (Fsp3) is 0.294. The number of aromatic nitrogens is 3. The van der Waals surface area contributed by atoms with Crippen LogP contribution in [0.25, 0.3) is 11.2 Å². The van der Waals surface area contributed by atoms with Crippen LogP contribution in [0.1, 0.15) is 25.2 Å². The van der Waals surface area contributed by atoms with E-state index in [-0.39, 0.29) is 0 Å². The van der Waals surface area contributed by atoms with E-state index in [0.29, 0.717) is 18.1 Å². The van der Waals surface area contributed by atoms with E-state index in [1.54, 1.807) is 12.3 Å². The third-order valence-electron chi connectivity index (χ3n) is 3.47. The molecule has 4 heteroatoms. The molecule has 1 N–H and O–H groups in total. The van der Waals surface area contributed by atoms with E-state index in [0.717, 1.165) is 29.1 Å². The van der Waals surface area contributed by atoms with Gasteiger partial charge in [-0.25, -0.2) is 9.97 Å². The number of hydrogen-bond donors (Lipinski definition) is 1. The molecule has 4 nitrogen and oxygen atoms in total. The Morgan fingerprint density at radius 2 is 1.95 bits per heavy atom. The van der Waals surface area contributed by atoms with Crippen molar-refractivity contribution in [3.63, 3.8) is 0 Å². The first-order chi connectivity index (χ1) is 10.1. The predicted molar refractivity (Wildman–Crippen MR) is 83.3 cm³/mol. The average molecular weight is 281 g/mol. The Morgan fingerprint density at radius 1 is 1.14 bits per heavy atom. The lowest BCUT2D eigenvalue weighted by molar-refractivity contribution is 0.467. The summed E-state index contributed by atoms with van der Waals surface area (Å²) in [6, 6.07) is 11.3. The molecular formula is C17H19N3O. The summed E-state index contributed by atoms with van der Waals surface area (Å²) >= 11 is 0. The fourth-order valence-corrected chi connectivity index (χ4v) is 2.53. The van der Waals surface area contributed by atoms with Crippen molar-refractivity contribution in [1.82, 2.24) is 14.5 Å².